The third kappa shape index (κ3) is 2.27. The zero-order valence-electron chi connectivity index (χ0n) is 7.45. The molecule has 0 aliphatic carbocycles. The van der Waals surface area contributed by atoms with Crippen molar-refractivity contribution >= 4 is 15.9 Å². The monoisotopic (exact) mass is 267 g/mol. The number of benzene rings is 1. The van der Waals surface area contributed by atoms with Crippen molar-refractivity contribution in [2.75, 3.05) is 0 Å². The number of hydrogen-bond acceptors (Lipinski definition) is 1. The van der Waals surface area contributed by atoms with Crippen molar-refractivity contribution in [1.29, 1.82) is 0 Å². The molecule has 0 saturated carbocycles. The van der Waals surface area contributed by atoms with Crippen LogP contribution in [0.15, 0.2) is 16.6 Å². The fourth-order valence-corrected chi connectivity index (χ4v) is 1.75. The molecule has 14 heavy (non-hydrogen) atoms. The van der Waals surface area contributed by atoms with Crippen molar-refractivity contribution in [2.24, 2.45) is 5.73 Å². The van der Waals surface area contributed by atoms with Gasteiger partial charge in [-0.25, -0.2) is 0 Å². The Balaban J connectivity index is 3.37. The first-order chi connectivity index (χ1) is 6.36. The zero-order chi connectivity index (χ0) is 10.9. The molecule has 0 unspecified atom stereocenters. The lowest BCUT2D eigenvalue weighted by Gasteiger charge is -2.13. The summed E-state index contributed by atoms with van der Waals surface area (Å²) in [4.78, 5) is 0. The summed E-state index contributed by atoms with van der Waals surface area (Å²) in [6.07, 6.45) is -4.32. The molecule has 5 heteroatoms. The third-order valence-electron chi connectivity index (χ3n) is 2.01. The molecule has 1 aromatic rings. The molecule has 1 aromatic carbocycles. The van der Waals surface area contributed by atoms with E-state index in [0.717, 1.165) is 6.07 Å². The Labute approximate surface area is 88.2 Å². The van der Waals surface area contributed by atoms with Crippen LogP contribution in [0.25, 0.3) is 0 Å². The Kier molecular flexibility index (Phi) is 3.21. The molecule has 0 heterocycles. The van der Waals surface area contributed by atoms with E-state index in [4.69, 9.17) is 5.73 Å². The first-order valence-electron chi connectivity index (χ1n) is 3.92. The molecule has 0 spiro atoms. The van der Waals surface area contributed by atoms with E-state index >= 15 is 0 Å². The minimum Gasteiger partial charge on any atom is -0.326 e. The topological polar surface area (TPSA) is 26.0 Å². The summed E-state index contributed by atoms with van der Waals surface area (Å²) in [7, 11) is 0. The molecule has 0 radical (unpaired) electrons. The highest BCUT2D eigenvalue weighted by Crippen LogP contribution is 2.35. The molecular formula is C9H9BrF3N. The standard InChI is InChI=1S/C9H9BrF3N/c1-5-6(4-14)2-7(10)3-8(5)9(11,12)13/h2-3H,4,14H2,1H3. The van der Waals surface area contributed by atoms with E-state index in [1.54, 1.807) is 6.07 Å². The lowest BCUT2D eigenvalue weighted by atomic mass is 10.0. The summed E-state index contributed by atoms with van der Waals surface area (Å²) < 4.78 is 37.8. The Bertz CT molecular complexity index is 347. The maximum absolute atomic E-state index is 12.5. The van der Waals surface area contributed by atoms with Crippen molar-refractivity contribution < 1.29 is 13.2 Å². The molecule has 0 atom stereocenters. The summed E-state index contributed by atoms with van der Waals surface area (Å²) in [6, 6.07) is 2.67. The molecule has 2 N–H and O–H groups in total. The molecular weight excluding hydrogens is 259 g/mol. The molecule has 0 aliphatic rings. The first kappa shape index (κ1) is 11.5. The van der Waals surface area contributed by atoms with Crippen LogP contribution in [0.5, 0.6) is 0 Å². The average molecular weight is 268 g/mol. The average Bonchev–Trinajstić information content (AvgIpc) is 2.06. The van der Waals surface area contributed by atoms with Crippen molar-refractivity contribution in [3.63, 3.8) is 0 Å². The Morgan fingerprint density at radius 3 is 2.36 bits per heavy atom. The number of hydrogen-bond donors (Lipinski definition) is 1. The molecule has 0 aliphatic heterocycles. The van der Waals surface area contributed by atoms with Gasteiger partial charge in [-0.1, -0.05) is 15.9 Å². The molecule has 0 bridgehead atoms. The van der Waals surface area contributed by atoms with Crippen LogP contribution in [0.4, 0.5) is 13.2 Å². The molecule has 0 amide bonds. The van der Waals surface area contributed by atoms with Crippen molar-refractivity contribution in [3.05, 3.63) is 33.3 Å². The second kappa shape index (κ2) is 3.90. The number of nitrogens with two attached hydrogens (primary N) is 1. The summed E-state index contributed by atoms with van der Waals surface area (Å²) in [6.45, 7) is 1.53. The Morgan fingerprint density at radius 2 is 1.93 bits per heavy atom. The SMILES string of the molecule is Cc1c(CN)cc(Br)cc1C(F)(F)F. The van der Waals surface area contributed by atoms with Crippen LogP contribution in [-0.2, 0) is 12.7 Å². The van der Waals surface area contributed by atoms with Crippen LogP contribution in [-0.4, -0.2) is 0 Å². The van der Waals surface area contributed by atoms with Gasteiger partial charge in [-0.3, -0.25) is 0 Å². The van der Waals surface area contributed by atoms with E-state index in [0.29, 0.717) is 10.0 Å². The Morgan fingerprint density at radius 1 is 1.36 bits per heavy atom. The summed E-state index contributed by atoms with van der Waals surface area (Å²) in [5.74, 6) is 0. The van der Waals surface area contributed by atoms with E-state index in [-0.39, 0.29) is 12.1 Å². The highest BCUT2D eigenvalue weighted by molar-refractivity contribution is 9.10. The molecule has 78 valence electrons. The fraction of sp³-hybridized carbons (Fsp3) is 0.333. The molecule has 0 saturated heterocycles. The van der Waals surface area contributed by atoms with E-state index in [1.807, 2.05) is 0 Å². The van der Waals surface area contributed by atoms with E-state index in [1.165, 1.54) is 6.92 Å². The third-order valence-corrected chi connectivity index (χ3v) is 2.46. The maximum Gasteiger partial charge on any atom is 0.416 e. The number of alkyl halides is 3. The molecule has 1 nitrogen and oxygen atoms in total. The molecule has 0 aromatic heterocycles. The number of halogens is 4. The number of rotatable bonds is 1. The molecule has 1 rings (SSSR count). The largest absolute Gasteiger partial charge is 0.416 e. The van der Waals surface area contributed by atoms with Crippen molar-refractivity contribution in [2.45, 2.75) is 19.6 Å². The van der Waals surface area contributed by atoms with Gasteiger partial charge in [-0.15, -0.1) is 0 Å². The smallest absolute Gasteiger partial charge is 0.326 e. The second-order valence-corrected chi connectivity index (χ2v) is 3.86. The predicted molar refractivity (Wildman–Crippen MR) is 51.8 cm³/mol. The van der Waals surface area contributed by atoms with Crippen LogP contribution in [0.1, 0.15) is 16.7 Å². The van der Waals surface area contributed by atoms with Crippen LogP contribution in [0, 0.1) is 6.92 Å². The zero-order valence-corrected chi connectivity index (χ0v) is 9.04. The van der Waals surface area contributed by atoms with E-state index in [2.05, 4.69) is 15.9 Å². The van der Waals surface area contributed by atoms with Gasteiger partial charge in [-0.2, -0.15) is 13.2 Å². The van der Waals surface area contributed by atoms with Gasteiger partial charge < -0.3 is 5.73 Å². The highest BCUT2D eigenvalue weighted by Gasteiger charge is 2.33. The fourth-order valence-electron chi connectivity index (χ4n) is 1.24. The van der Waals surface area contributed by atoms with Crippen LogP contribution < -0.4 is 5.73 Å². The van der Waals surface area contributed by atoms with Gasteiger partial charge in [0, 0.05) is 11.0 Å². The normalized spacial score (nSPS) is 11.9. The van der Waals surface area contributed by atoms with Gasteiger partial charge in [0.25, 0.3) is 0 Å². The predicted octanol–water partition coefficient (Wildman–Crippen LogP) is 3.24. The van der Waals surface area contributed by atoms with Gasteiger partial charge in [0.1, 0.15) is 0 Å². The lowest BCUT2D eigenvalue weighted by molar-refractivity contribution is -0.138. The second-order valence-electron chi connectivity index (χ2n) is 2.94. The quantitative estimate of drug-likeness (QED) is 0.831. The first-order valence-corrected chi connectivity index (χ1v) is 4.72. The summed E-state index contributed by atoms with van der Waals surface area (Å²) in [5.41, 5.74) is 5.42. The van der Waals surface area contributed by atoms with Gasteiger partial charge in [-0.05, 0) is 30.2 Å². The van der Waals surface area contributed by atoms with Crippen molar-refractivity contribution in [1.82, 2.24) is 0 Å². The Hall–Kier alpha value is -0.550. The summed E-state index contributed by atoms with van der Waals surface area (Å²) >= 11 is 3.02. The highest BCUT2D eigenvalue weighted by atomic mass is 79.9. The molecule has 0 fully saturated rings. The van der Waals surface area contributed by atoms with Gasteiger partial charge in [0.15, 0.2) is 0 Å². The van der Waals surface area contributed by atoms with Gasteiger partial charge >= 0.3 is 6.18 Å². The van der Waals surface area contributed by atoms with E-state index < -0.39 is 11.7 Å². The summed E-state index contributed by atoms with van der Waals surface area (Å²) in [5, 5.41) is 0. The van der Waals surface area contributed by atoms with Gasteiger partial charge in [0.2, 0.25) is 0 Å². The van der Waals surface area contributed by atoms with Gasteiger partial charge in [0.05, 0.1) is 5.56 Å². The van der Waals surface area contributed by atoms with E-state index in [9.17, 15) is 13.2 Å². The van der Waals surface area contributed by atoms with Crippen molar-refractivity contribution in [3.8, 4) is 0 Å². The van der Waals surface area contributed by atoms with Crippen LogP contribution in [0.3, 0.4) is 0 Å². The van der Waals surface area contributed by atoms with Crippen LogP contribution >= 0.6 is 15.9 Å². The minimum absolute atomic E-state index is 0.106. The van der Waals surface area contributed by atoms with Crippen LogP contribution in [0.2, 0.25) is 0 Å². The minimum atomic E-state index is -4.32. The maximum atomic E-state index is 12.5. The lowest BCUT2D eigenvalue weighted by Crippen LogP contribution is -2.11.